The molecule has 27 heavy (non-hydrogen) atoms. The molecule has 1 aromatic rings. The van der Waals surface area contributed by atoms with E-state index in [4.69, 9.17) is 14.2 Å². The number of ether oxygens (including phenoxy) is 3. The topological polar surface area (TPSA) is 85.3 Å². The summed E-state index contributed by atoms with van der Waals surface area (Å²) in [4.78, 5) is 25.6. The third kappa shape index (κ3) is 6.84. The summed E-state index contributed by atoms with van der Waals surface area (Å²) in [6, 6.07) is 6.62. The first-order chi connectivity index (χ1) is 13.0. The van der Waals surface area contributed by atoms with Gasteiger partial charge in [0.15, 0.2) is 0 Å². The van der Waals surface area contributed by atoms with Crippen molar-refractivity contribution in [2.75, 3.05) is 39.5 Å². The minimum Gasteiger partial charge on any atom is -0.491 e. The molecule has 0 bridgehead atoms. The highest BCUT2D eigenvalue weighted by Crippen LogP contribution is 2.18. The molecular weight excluding hydrogens is 350 g/mol. The molecule has 7 nitrogen and oxygen atoms in total. The van der Waals surface area contributed by atoms with Crippen LogP contribution in [0.5, 0.6) is 5.75 Å². The van der Waals surface area contributed by atoms with Crippen molar-refractivity contribution in [1.29, 1.82) is 0 Å². The fourth-order valence-corrected chi connectivity index (χ4v) is 3.12. The van der Waals surface area contributed by atoms with Crippen LogP contribution in [-0.4, -0.2) is 67.5 Å². The van der Waals surface area contributed by atoms with E-state index >= 15 is 0 Å². The number of esters is 2. The van der Waals surface area contributed by atoms with E-state index in [0.717, 1.165) is 19.4 Å². The average Bonchev–Trinajstić information content (AvgIpc) is 2.67. The van der Waals surface area contributed by atoms with E-state index in [1.165, 1.54) is 0 Å². The number of benzene rings is 1. The molecule has 1 aliphatic rings. The van der Waals surface area contributed by atoms with Crippen molar-refractivity contribution in [3.8, 4) is 5.75 Å². The van der Waals surface area contributed by atoms with E-state index in [2.05, 4.69) is 4.90 Å². The summed E-state index contributed by atoms with van der Waals surface area (Å²) in [6.45, 7) is 6.31. The predicted molar refractivity (Wildman–Crippen MR) is 99.7 cm³/mol. The van der Waals surface area contributed by atoms with Crippen molar-refractivity contribution in [3.63, 3.8) is 0 Å². The van der Waals surface area contributed by atoms with E-state index < -0.39 is 6.10 Å². The van der Waals surface area contributed by atoms with Crippen LogP contribution in [0, 0.1) is 5.92 Å². The van der Waals surface area contributed by atoms with Crippen LogP contribution >= 0.6 is 0 Å². The Labute approximate surface area is 160 Å². The third-order valence-electron chi connectivity index (χ3n) is 4.40. The van der Waals surface area contributed by atoms with E-state index in [1.807, 2.05) is 0 Å². The monoisotopic (exact) mass is 379 g/mol. The number of piperidine rings is 1. The molecule has 0 unspecified atom stereocenters. The molecule has 1 aliphatic heterocycles. The fraction of sp³-hybridized carbons (Fsp3) is 0.600. The lowest BCUT2D eigenvalue weighted by molar-refractivity contribution is -0.150. The summed E-state index contributed by atoms with van der Waals surface area (Å²) < 4.78 is 15.6. The Morgan fingerprint density at radius 3 is 2.56 bits per heavy atom. The summed E-state index contributed by atoms with van der Waals surface area (Å²) in [6.07, 6.45) is 1.07. The maximum atomic E-state index is 11.9. The molecule has 0 aromatic heterocycles. The molecule has 0 aliphatic carbocycles. The number of nitrogens with zero attached hydrogens (tertiary/aromatic N) is 1. The second-order valence-electron chi connectivity index (χ2n) is 6.56. The van der Waals surface area contributed by atoms with Gasteiger partial charge < -0.3 is 19.3 Å². The molecule has 2 atom stereocenters. The van der Waals surface area contributed by atoms with E-state index in [0.29, 0.717) is 37.6 Å². The standard InChI is InChI=1S/C20H29NO6/c1-3-25-19(23)15-7-9-18(10-8-15)27-14-17(22)13-21-11-5-6-16(12-21)20(24)26-4-2/h7-10,16-17,22H,3-6,11-14H2,1-2H3/t16-,17-/m1/s1. The van der Waals surface area contributed by atoms with Crippen LogP contribution in [0.3, 0.4) is 0 Å². The number of aliphatic hydroxyl groups excluding tert-OH is 1. The minimum atomic E-state index is -0.671. The van der Waals surface area contributed by atoms with E-state index in [1.54, 1.807) is 38.1 Å². The van der Waals surface area contributed by atoms with Gasteiger partial charge in [-0.3, -0.25) is 9.69 Å². The molecule has 1 heterocycles. The quantitative estimate of drug-likeness (QED) is 0.656. The largest absolute Gasteiger partial charge is 0.491 e. The number of β-amino-alcohol motifs (C(OH)–C–C–N with tert-alkyl or cyclic N) is 1. The number of hydrogen-bond acceptors (Lipinski definition) is 7. The molecule has 150 valence electrons. The third-order valence-corrected chi connectivity index (χ3v) is 4.40. The second kappa shape index (κ2) is 10.9. The fourth-order valence-electron chi connectivity index (χ4n) is 3.12. The van der Waals surface area contributed by atoms with Gasteiger partial charge in [-0.15, -0.1) is 0 Å². The SMILES string of the molecule is CCOC(=O)c1ccc(OC[C@H](O)CN2CCC[C@@H](C(=O)OCC)C2)cc1. The Kier molecular flexibility index (Phi) is 8.54. The number of aliphatic hydroxyl groups is 1. The molecule has 0 amide bonds. The van der Waals surface area contributed by atoms with Gasteiger partial charge in [0, 0.05) is 13.1 Å². The molecule has 0 spiro atoms. The molecular formula is C20H29NO6. The molecule has 0 radical (unpaired) electrons. The van der Waals surface area contributed by atoms with Gasteiger partial charge >= 0.3 is 11.9 Å². The maximum Gasteiger partial charge on any atom is 0.338 e. The summed E-state index contributed by atoms with van der Waals surface area (Å²) in [5.74, 6) is -0.0765. The minimum absolute atomic E-state index is 0.123. The summed E-state index contributed by atoms with van der Waals surface area (Å²) in [5, 5.41) is 10.2. The highest BCUT2D eigenvalue weighted by Gasteiger charge is 2.27. The van der Waals surface area contributed by atoms with Gasteiger partial charge in [-0.1, -0.05) is 0 Å². The van der Waals surface area contributed by atoms with Crippen molar-refractivity contribution < 1.29 is 28.9 Å². The summed E-state index contributed by atoms with van der Waals surface area (Å²) in [7, 11) is 0. The van der Waals surface area contributed by atoms with Gasteiger partial charge in [0.1, 0.15) is 18.5 Å². The van der Waals surface area contributed by atoms with Crippen LogP contribution in [0.4, 0.5) is 0 Å². The van der Waals surface area contributed by atoms with Crippen molar-refractivity contribution in [2.45, 2.75) is 32.8 Å². The first-order valence-electron chi connectivity index (χ1n) is 9.50. The highest BCUT2D eigenvalue weighted by atomic mass is 16.5. The van der Waals surface area contributed by atoms with Gasteiger partial charge in [0.25, 0.3) is 0 Å². The highest BCUT2D eigenvalue weighted by molar-refractivity contribution is 5.89. The second-order valence-corrected chi connectivity index (χ2v) is 6.56. The van der Waals surface area contributed by atoms with Gasteiger partial charge in [-0.05, 0) is 57.5 Å². The number of rotatable bonds is 9. The van der Waals surface area contributed by atoms with Crippen molar-refractivity contribution in [3.05, 3.63) is 29.8 Å². The number of likely N-dealkylation sites (tertiary alicyclic amines) is 1. The molecule has 0 saturated carbocycles. The van der Waals surface area contributed by atoms with E-state index in [9.17, 15) is 14.7 Å². The Balaban J connectivity index is 1.76. The Bertz CT molecular complexity index is 603. The van der Waals surface area contributed by atoms with Crippen LogP contribution < -0.4 is 4.74 Å². The lowest BCUT2D eigenvalue weighted by atomic mass is 9.98. The van der Waals surface area contributed by atoms with Gasteiger partial charge in [0.2, 0.25) is 0 Å². The predicted octanol–water partition coefficient (Wildman–Crippen LogP) is 1.88. The first kappa shape index (κ1) is 21.2. The smallest absolute Gasteiger partial charge is 0.338 e. The molecule has 1 fully saturated rings. The lowest BCUT2D eigenvalue weighted by Gasteiger charge is -2.32. The zero-order valence-corrected chi connectivity index (χ0v) is 16.1. The molecule has 1 N–H and O–H groups in total. The van der Waals surface area contributed by atoms with Crippen molar-refractivity contribution in [1.82, 2.24) is 4.90 Å². The lowest BCUT2D eigenvalue weighted by Crippen LogP contribution is -2.44. The average molecular weight is 379 g/mol. The van der Waals surface area contributed by atoms with Crippen LogP contribution in [0.25, 0.3) is 0 Å². The summed E-state index contributed by atoms with van der Waals surface area (Å²) >= 11 is 0. The molecule has 2 rings (SSSR count). The van der Waals surface area contributed by atoms with Crippen LogP contribution in [0.1, 0.15) is 37.0 Å². The number of carbonyl (C=O) groups is 2. The van der Waals surface area contributed by atoms with E-state index in [-0.39, 0.29) is 24.5 Å². The summed E-state index contributed by atoms with van der Waals surface area (Å²) in [5.41, 5.74) is 0.461. The van der Waals surface area contributed by atoms with Crippen LogP contribution in [0.15, 0.2) is 24.3 Å². The maximum absolute atomic E-state index is 11.9. The molecule has 1 saturated heterocycles. The zero-order chi connectivity index (χ0) is 19.6. The number of hydrogen-bond donors (Lipinski definition) is 1. The Morgan fingerprint density at radius 2 is 1.89 bits per heavy atom. The van der Waals surface area contributed by atoms with Gasteiger partial charge in [-0.2, -0.15) is 0 Å². The van der Waals surface area contributed by atoms with Crippen LogP contribution in [0.2, 0.25) is 0 Å². The first-order valence-corrected chi connectivity index (χ1v) is 9.50. The van der Waals surface area contributed by atoms with Gasteiger partial charge in [0.05, 0.1) is 24.7 Å². The van der Waals surface area contributed by atoms with Crippen LogP contribution in [-0.2, 0) is 14.3 Å². The molecule has 7 heteroatoms. The Hall–Kier alpha value is -2.12. The van der Waals surface area contributed by atoms with Gasteiger partial charge in [-0.25, -0.2) is 4.79 Å². The van der Waals surface area contributed by atoms with Crippen molar-refractivity contribution in [2.24, 2.45) is 5.92 Å². The Morgan fingerprint density at radius 1 is 1.19 bits per heavy atom. The zero-order valence-electron chi connectivity index (χ0n) is 16.1. The normalized spacial score (nSPS) is 18.6. The molecule has 1 aromatic carbocycles. The number of carbonyl (C=O) groups excluding carboxylic acids is 2. The van der Waals surface area contributed by atoms with Crippen molar-refractivity contribution >= 4 is 11.9 Å².